The predicted molar refractivity (Wildman–Crippen MR) is 111 cm³/mol. The fraction of sp³-hybridized carbons (Fsp3) is 0.304. The maximum atomic E-state index is 9.96. The molecule has 1 aliphatic heterocycles. The van der Waals surface area contributed by atoms with Crippen molar-refractivity contribution in [2.24, 2.45) is 0 Å². The van der Waals surface area contributed by atoms with Gasteiger partial charge in [-0.2, -0.15) is 0 Å². The van der Waals surface area contributed by atoms with Crippen LogP contribution in [0.3, 0.4) is 0 Å². The Labute approximate surface area is 165 Å². The van der Waals surface area contributed by atoms with E-state index >= 15 is 0 Å². The number of aliphatic hydroxyl groups is 1. The van der Waals surface area contributed by atoms with E-state index in [1.165, 1.54) is 0 Å². The summed E-state index contributed by atoms with van der Waals surface area (Å²) in [6.45, 7) is 5.74. The van der Waals surface area contributed by atoms with Crippen LogP contribution in [0.1, 0.15) is 23.1 Å². The van der Waals surface area contributed by atoms with Crippen molar-refractivity contribution in [1.82, 2.24) is 9.97 Å². The van der Waals surface area contributed by atoms with Gasteiger partial charge < -0.3 is 14.7 Å². The van der Waals surface area contributed by atoms with Crippen LogP contribution >= 0.6 is 0 Å². The van der Waals surface area contributed by atoms with Gasteiger partial charge >= 0.3 is 0 Å². The molecule has 0 saturated carbocycles. The molecule has 3 heterocycles. The van der Waals surface area contributed by atoms with Gasteiger partial charge in [0.05, 0.1) is 18.8 Å². The molecular formula is C23H25N3O2. The summed E-state index contributed by atoms with van der Waals surface area (Å²) in [7, 11) is 0. The molecule has 0 amide bonds. The van der Waals surface area contributed by atoms with Gasteiger partial charge in [0.2, 0.25) is 5.88 Å². The number of anilines is 1. The molecule has 5 heteroatoms. The second-order valence-electron chi connectivity index (χ2n) is 7.32. The standard InChI is InChI=1S/C23H25N3O2/c1-16-5-8-22(25-13-16)28-20-9-11-26(14-20)21-7-6-18(12-19(21)15-27)23-17(2)4-3-10-24-23/h3-8,10,12-13,20,27H,9,11,14-15H2,1-2H3. The zero-order valence-corrected chi connectivity index (χ0v) is 16.3. The number of ether oxygens (including phenoxy) is 1. The van der Waals surface area contributed by atoms with Crippen LogP contribution in [-0.4, -0.2) is 34.3 Å². The molecule has 1 aromatic carbocycles. The number of rotatable bonds is 5. The van der Waals surface area contributed by atoms with E-state index in [9.17, 15) is 5.11 Å². The Balaban J connectivity index is 1.51. The van der Waals surface area contributed by atoms with Crippen molar-refractivity contribution in [3.63, 3.8) is 0 Å². The minimum Gasteiger partial charge on any atom is -0.472 e. The number of benzene rings is 1. The van der Waals surface area contributed by atoms with Crippen LogP contribution in [0.25, 0.3) is 11.3 Å². The van der Waals surface area contributed by atoms with E-state index in [0.29, 0.717) is 5.88 Å². The van der Waals surface area contributed by atoms with E-state index in [2.05, 4.69) is 40.0 Å². The Hall–Kier alpha value is -2.92. The highest BCUT2D eigenvalue weighted by Crippen LogP contribution is 2.31. The second kappa shape index (κ2) is 7.98. The van der Waals surface area contributed by atoms with Gasteiger partial charge in [-0.1, -0.05) is 18.2 Å². The lowest BCUT2D eigenvalue weighted by atomic mass is 10.0. The molecule has 4 rings (SSSR count). The molecule has 0 spiro atoms. The number of hydrogen-bond donors (Lipinski definition) is 1. The lowest BCUT2D eigenvalue weighted by Crippen LogP contribution is -2.25. The first-order valence-electron chi connectivity index (χ1n) is 9.64. The van der Waals surface area contributed by atoms with E-state index in [1.807, 2.05) is 37.4 Å². The van der Waals surface area contributed by atoms with Crippen LogP contribution in [-0.2, 0) is 6.61 Å². The molecule has 1 fully saturated rings. The van der Waals surface area contributed by atoms with Crippen LogP contribution in [0.5, 0.6) is 5.88 Å². The van der Waals surface area contributed by atoms with Crippen LogP contribution in [0.4, 0.5) is 5.69 Å². The van der Waals surface area contributed by atoms with Gasteiger partial charge in [0, 0.05) is 48.2 Å². The fourth-order valence-corrected chi connectivity index (χ4v) is 3.69. The highest BCUT2D eigenvalue weighted by Gasteiger charge is 2.26. The molecule has 2 aromatic heterocycles. The molecule has 0 bridgehead atoms. The summed E-state index contributed by atoms with van der Waals surface area (Å²) in [5.41, 5.74) is 6.20. The highest BCUT2D eigenvalue weighted by atomic mass is 16.5. The van der Waals surface area contributed by atoms with E-state index in [1.54, 1.807) is 6.20 Å². The molecule has 1 N–H and O–H groups in total. The average molecular weight is 375 g/mol. The first-order chi connectivity index (χ1) is 13.6. The van der Waals surface area contributed by atoms with Crippen molar-refractivity contribution < 1.29 is 9.84 Å². The van der Waals surface area contributed by atoms with Gasteiger partial charge in [0.1, 0.15) is 6.10 Å². The third-order valence-electron chi connectivity index (χ3n) is 5.19. The molecule has 1 saturated heterocycles. The molecule has 1 unspecified atom stereocenters. The smallest absolute Gasteiger partial charge is 0.213 e. The molecule has 0 aliphatic carbocycles. The van der Waals surface area contributed by atoms with Crippen molar-refractivity contribution in [3.05, 3.63) is 71.5 Å². The number of aliphatic hydroxyl groups excluding tert-OH is 1. The first kappa shape index (κ1) is 18.4. The maximum absolute atomic E-state index is 9.96. The fourth-order valence-electron chi connectivity index (χ4n) is 3.69. The zero-order valence-electron chi connectivity index (χ0n) is 16.3. The monoisotopic (exact) mass is 375 g/mol. The average Bonchev–Trinajstić information content (AvgIpc) is 3.18. The van der Waals surface area contributed by atoms with Gasteiger partial charge in [0.25, 0.3) is 0 Å². The quantitative estimate of drug-likeness (QED) is 0.733. The van der Waals surface area contributed by atoms with E-state index in [4.69, 9.17) is 4.74 Å². The van der Waals surface area contributed by atoms with Crippen LogP contribution < -0.4 is 9.64 Å². The Bertz CT molecular complexity index is 956. The summed E-state index contributed by atoms with van der Waals surface area (Å²) in [4.78, 5) is 11.1. The van der Waals surface area contributed by atoms with Gasteiger partial charge in [0.15, 0.2) is 0 Å². The number of hydrogen-bond acceptors (Lipinski definition) is 5. The first-order valence-corrected chi connectivity index (χ1v) is 9.64. The number of nitrogens with zero attached hydrogens (tertiary/aromatic N) is 3. The Kier molecular flexibility index (Phi) is 5.26. The van der Waals surface area contributed by atoms with Crippen LogP contribution in [0.2, 0.25) is 0 Å². The summed E-state index contributed by atoms with van der Waals surface area (Å²) in [6.07, 6.45) is 4.65. The minimum absolute atomic E-state index is 0.00338. The number of aryl methyl sites for hydroxylation is 2. The van der Waals surface area contributed by atoms with Crippen molar-refractivity contribution >= 4 is 5.69 Å². The molecule has 144 valence electrons. The number of aromatic nitrogens is 2. The SMILES string of the molecule is Cc1ccc(OC2CCN(c3ccc(-c4ncccc4C)cc3CO)C2)nc1. The zero-order chi connectivity index (χ0) is 19.5. The van der Waals surface area contributed by atoms with E-state index in [0.717, 1.165) is 53.1 Å². The molecule has 28 heavy (non-hydrogen) atoms. The molecule has 3 aromatic rings. The van der Waals surface area contributed by atoms with Crippen LogP contribution in [0, 0.1) is 13.8 Å². The van der Waals surface area contributed by atoms with Gasteiger partial charge in [-0.15, -0.1) is 0 Å². The van der Waals surface area contributed by atoms with Crippen molar-refractivity contribution in [2.45, 2.75) is 33.0 Å². The maximum Gasteiger partial charge on any atom is 0.213 e. The summed E-state index contributed by atoms with van der Waals surface area (Å²) < 4.78 is 6.04. The molecule has 1 atom stereocenters. The Morgan fingerprint density at radius 2 is 2.04 bits per heavy atom. The summed E-state index contributed by atoms with van der Waals surface area (Å²) >= 11 is 0. The summed E-state index contributed by atoms with van der Waals surface area (Å²) in [5.74, 6) is 0.667. The lowest BCUT2D eigenvalue weighted by molar-refractivity contribution is 0.215. The normalized spacial score (nSPS) is 16.4. The molecule has 5 nitrogen and oxygen atoms in total. The Morgan fingerprint density at radius 3 is 2.79 bits per heavy atom. The lowest BCUT2D eigenvalue weighted by Gasteiger charge is -2.22. The third kappa shape index (κ3) is 3.85. The van der Waals surface area contributed by atoms with Gasteiger partial charge in [-0.05, 0) is 43.2 Å². The van der Waals surface area contributed by atoms with Crippen LogP contribution in [0.15, 0.2) is 54.9 Å². The van der Waals surface area contributed by atoms with E-state index in [-0.39, 0.29) is 12.7 Å². The summed E-state index contributed by atoms with van der Waals surface area (Å²) in [6, 6.07) is 14.1. The van der Waals surface area contributed by atoms with Gasteiger partial charge in [-0.25, -0.2) is 4.98 Å². The topological polar surface area (TPSA) is 58.5 Å². The summed E-state index contributed by atoms with van der Waals surface area (Å²) in [5, 5.41) is 9.96. The number of pyridine rings is 2. The predicted octanol–water partition coefficient (Wildman–Crippen LogP) is 3.91. The largest absolute Gasteiger partial charge is 0.472 e. The second-order valence-corrected chi connectivity index (χ2v) is 7.32. The Morgan fingerprint density at radius 1 is 1.14 bits per heavy atom. The molecular weight excluding hydrogens is 350 g/mol. The van der Waals surface area contributed by atoms with E-state index < -0.39 is 0 Å². The highest BCUT2D eigenvalue weighted by molar-refractivity contribution is 5.68. The minimum atomic E-state index is -0.00338. The molecule has 0 radical (unpaired) electrons. The van der Waals surface area contributed by atoms with Crippen molar-refractivity contribution in [2.75, 3.05) is 18.0 Å². The molecule has 1 aliphatic rings. The van der Waals surface area contributed by atoms with Gasteiger partial charge in [-0.3, -0.25) is 4.98 Å². The third-order valence-corrected chi connectivity index (χ3v) is 5.19. The van der Waals surface area contributed by atoms with Crippen molar-refractivity contribution in [3.8, 4) is 17.1 Å². The van der Waals surface area contributed by atoms with Crippen molar-refractivity contribution in [1.29, 1.82) is 0 Å².